The predicted octanol–water partition coefficient (Wildman–Crippen LogP) is 2.47. The Balaban J connectivity index is 2.10. The molecule has 110 valence electrons. The van der Waals surface area contributed by atoms with Crippen molar-refractivity contribution < 1.29 is 9.53 Å². The second-order valence-corrected chi connectivity index (χ2v) is 4.32. The van der Waals surface area contributed by atoms with E-state index in [0.29, 0.717) is 12.4 Å². The van der Waals surface area contributed by atoms with Crippen molar-refractivity contribution in [2.45, 2.75) is 19.8 Å². The maximum atomic E-state index is 11.6. The summed E-state index contributed by atoms with van der Waals surface area (Å²) in [6.45, 7) is 2.37. The van der Waals surface area contributed by atoms with E-state index >= 15 is 0 Å². The number of nitrogens with one attached hydrogen (secondary N) is 1. The highest BCUT2D eigenvalue weighted by atomic mass is 16.5. The first-order valence-corrected chi connectivity index (χ1v) is 6.70. The van der Waals surface area contributed by atoms with Gasteiger partial charge < -0.3 is 10.5 Å². The van der Waals surface area contributed by atoms with Gasteiger partial charge in [-0.15, -0.1) is 0 Å². The van der Waals surface area contributed by atoms with E-state index in [1.54, 1.807) is 0 Å². The van der Waals surface area contributed by atoms with Crippen molar-refractivity contribution in [3.05, 3.63) is 30.3 Å². The van der Waals surface area contributed by atoms with E-state index in [4.69, 9.17) is 10.5 Å². The lowest BCUT2D eigenvalue weighted by Crippen LogP contribution is -2.17. The standard InChI is InChI=1S/C14H17N5O2/c1-2-3-9-21-14(20)19-13-17-11(16-12(15)18-13)10-7-5-4-6-8-10/h4-8H,2-3,9H2,1H3,(H3,15,16,17,18,19,20). The topological polar surface area (TPSA) is 103 Å². The van der Waals surface area contributed by atoms with Gasteiger partial charge in [0.25, 0.3) is 0 Å². The van der Waals surface area contributed by atoms with Crippen LogP contribution in [0.25, 0.3) is 11.4 Å². The van der Waals surface area contributed by atoms with Crippen LogP contribution >= 0.6 is 0 Å². The van der Waals surface area contributed by atoms with Crippen LogP contribution in [0.4, 0.5) is 16.7 Å². The van der Waals surface area contributed by atoms with Crippen LogP contribution in [0.15, 0.2) is 30.3 Å². The van der Waals surface area contributed by atoms with Crippen molar-refractivity contribution in [3.63, 3.8) is 0 Å². The van der Waals surface area contributed by atoms with Crippen molar-refractivity contribution in [2.75, 3.05) is 17.7 Å². The fourth-order valence-electron chi connectivity index (χ4n) is 1.60. The van der Waals surface area contributed by atoms with Crippen LogP contribution in [0.5, 0.6) is 0 Å². The number of nitrogens with two attached hydrogens (primary N) is 1. The molecule has 1 aromatic heterocycles. The molecular formula is C14H17N5O2. The number of amides is 1. The van der Waals surface area contributed by atoms with Crippen molar-refractivity contribution in [1.29, 1.82) is 0 Å². The number of benzene rings is 1. The van der Waals surface area contributed by atoms with Gasteiger partial charge in [0.15, 0.2) is 5.82 Å². The number of rotatable bonds is 5. The number of hydrogen-bond acceptors (Lipinski definition) is 6. The molecule has 0 fully saturated rings. The average molecular weight is 287 g/mol. The number of carbonyl (C=O) groups is 1. The molecule has 0 aliphatic carbocycles. The van der Waals surface area contributed by atoms with Gasteiger partial charge in [0.1, 0.15) is 0 Å². The van der Waals surface area contributed by atoms with E-state index < -0.39 is 6.09 Å². The Kier molecular flexibility index (Phi) is 5.03. The summed E-state index contributed by atoms with van der Waals surface area (Å²) in [5, 5.41) is 2.45. The number of hydrogen-bond donors (Lipinski definition) is 2. The summed E-state index contributed by atoms with van der Waals surface area (Å²) >= 11 is 0. The van der Waals surface area contributed by atoms with E-state index in [1.165, 1.54) is 0 Å². The maximum absolute atomic E-state index is 11.6. The zero-order valence-corrected chi connectivity index (χ0v) is 11.7. The van der Waals surface area contributed by atoms with Crippen LogP contribution in [0.2, 0.25) is 0 Å². The lowest BCUT2D eigenvalue weighted by molar-refractivity contribution is 0.159. The third-order valence-corrected chi connectivity index (χ3v) is 2.63. The molecular weight excluding hydrogens is 270 g/mol. The molecule has 7 nitrogen and oxygen atoms in total. The smallest absolute Gasteiger partial charge is 0.414 e. The first kappa shape index (κ1) is 14.7. The SMILES string of the molecule is CCCCOC(=O)Nc1nc(N)nc(-c2ccccc2)n1. The number of anilines is 2. The Morgan fingerprint density at radius 1 is 1.24 bits per heavy atom. The fraction of sp³-hybridized carbons (Fsp3) is 0.286. The minimum absolute atomic E-state index is 0.0349. The van der Waals surface area contributed by atoms with Crippen molar-refractivity contribution in [2.24, 2.45) is 0 Å². The number of carbonyl (C=O) groups excluding carboxylic acids is 1. The molecule has 0 spiro atoms. The Hall–Kier alpha value is -2.70. The molecule has 0 bridgehead atoms. The summed E-state index contributed by atoms with van der Waals surface area (Å²) in [6.07, 6.45) is 1.15. The van der Waals surface area contributed by atoms with E-state index in [1.807, 2.05) is 37.3 Å². The van der Waals surface area contributed by atoms with Gasteiger partial charge in [-0.2, -0.15) is 15.0 Å². The molecule has 2 aromatic rings. The van der Waals surface area contributed by atoms with Crippen molar-refractivity contribution >= 4 is 18.0 Å². The van der Waals surface area contributed by atoms with Crippen LogP contribution in [0.1, 0.15) is 19.8 Å². The van der Waals surface area contributed by atoms with Gasteiger partial charge >= 0.3 is 6.09 Å². The lowest BCUT2D eigenvalue weighted by Gasteiger charge is -2.07. The normalized spacial score (nSPS) is 10.1. The van der Waals surface area contributed by atoms with Gasteiger partial charge in [0.05, 0.1) is 6.61 Å². The highest BCUT2D eigenvalue weighted by Crippen LogP contribution is 2.16. The zero-order chi connectivity index (χ0) is 15.1. The molecule has 3 N–H and O–H groups in total. The molecule has 0 atom stereocenters. The molecule has 1 heterocycles. The van der Waals surface area contributed by atoms with Gasteiger partial charge in [-0.1, -0.05) is 43.7 Å². The highest BCUT2D eigenvalue weighted by Gasteiger charge is 2.10. The summed E-state index contributed by atoms with van der Waals surface area (Å²) in [7, 11) is 0. The Morgan fingerprint density at radius 3 is 2.71 bits per heavy atom. The number of ether oxygens (including phenoxy) is 1. The molecule has 0 aliphatic heterocycles. The summed E-state index contributed by atoms with van der Waals surface area (Å²) in [5.74, 6) is 0.502. The molecule has 0 saturated heterocycles. The van der Waals surface area contributed by atoms with Crippen LogP contribution in [-0.2, 0) is 4.74 Å². The third kappa shape index (κ3) is 4.41. The fourth-order valence-corrected chi connectivity index (χ4v) is 1.60. The predicted molar refractivity (Wildman–Crippen MR) is 79.6 cm³/mol. The second kappa shape index (κ2) is 7.18. The molecule has 2 rings (SSSR count). The van der Waals surface area contributed by atoms with Crippen molar-refractivity contribution in [1.82, 2.24) is 15.0 Å². The minimum atomic E-state index is -0.604. The molecule has 7 heteroatoms. The summed E-state index contributed by atoms with van der Waals surface area (Å²) < 4.78 is 4.98. The molecule has 0 saturated carbocycles. The molecule has 1 aromatic carbocycles. The molecule has 0 aliphatic rings. The first-order chi connectivity index (χ1) is 10.2. The molecule has 21 heavy (non-hydrogen) atoms. The average Bonchev–Trinajstić information content (AvgIpc) is 2.48. The van der Waals surface area contributed by atoms with Gasteiger partial charge in [-0.3, -0.25) is 5.32 Å². The van der Waals surface area contributed by atoms with E-state index in [-0.39, 0.29) is 11.9 Å². The minimum Gasteiger partial charge on any atom is -0.449 e. The van der Waals surface area contributed by atoms with Crippen LogP contribution < -0.4 is 11.1 Å². The summed E-state index contributed by atoms with van der Waals surface area (Å²) in [5.41, 5.74) is 6.43. The zero-order valence-electron chi connectivity index (χ0n) is 11.7. The number of nitrogen functional groups attached to an aromatic ring is 1. The Bertz CT molecular complexity index is 604. The highest BCUT2D eigenvalue weighted by molar-refractivity contribution is 5.82. The van der Waals surface area contributed by atoms with Gasteiger partial charge in [-0.05, 0) is 6.42 Å². The van der Waals surface area contributed by atoms with Crippen LogP contribution in [0.3, 0.4) is 0 Å². The van der Waals surface area contributed by atoms with Gasteiger partial charge in [0, 0.05) is 5.56 Å². The van der Waals surface area contributed by atoms with Crippen LogP contribution in [0, 0.1) is 0 Å². The third-order valence-electron chi connectivity index (χ3n) is 2.63. The van der Waals surface area contributed by atoms with Gasteiger partial charge in [-0.25, -0.2) is 4.79 Å². The summed E-state index contributed by atoms with van der Waals surface area (Å²) in [4.78, 5) is 23.7. The van der Waals surface area contributed by atoms with E-state index in [0.717, 1.165) is 18.4 Å². The maximum Gasteiger partial charge on any atom is 0.414 e. The quantitative estimate of drug-likeness (QED) is 0.819. The molecule has 0 radical (unpaired) electrons. The Morgan fingerprint density at radius 2 is 2.00 bits per heavy atom. The van der Waals surface area contributed by atoms with E-state index in [9.17, 15) is 4.79 Å². The number of nitrogens with zero attached hydrogens (tertiary/aromatic N) is 3. The first-order valence-electron chi connectivity index (χ1n) is 6.70. The lowest BCUT2D eigenvalue weighted by atomic mass is 10.2. The van der Waals surface area contributed by atoms with E-state index in [2.05, 4.69) is 20.3 Å². The van der Waals surface area contributed by atoms with Gasteiger partial charge in [0.2, 0.25) is 11.9 Å². The molecule has 1 amide bonds. The molecule has 0 unspecified atom stereocenters. The Labute approximate surface area is 122 Å². The monoisotopic (exact) mass is 287 g/mol. The number of aromatic nitrogens is 3. The second-order valence-electron chi connectivity index (χ2n) is 4.32. The number of unbranched alkanes of at least 4 members (excludes halogenated alkanes) is 1. The summed E-state index contributed by atoms with van der Waals surface area (Å²) in [6, 6.07) is 9.30. The largest absolute Gasteiger partial charge is 0.449 e. The van der Waals surface area contributed by atoms with Crippen LogP contribution in [-0.4, -0.2) is 27.7 Å². The van der Waals surface area contributed by atoms with Crippen molar-refractivity contribution in [3.8, 4) is 11.4 Å².